The molecule has 0 spiro atoms. The fourth-order valence-electron chi connectivity index (χ4n) is 1.17. The number of halogens is 1. The van der Waals surface area contributed by atoms with Crippen molar-refractivity contribution in [1.82, 2.24) is 0 Å². The average molecular weight is 213 g/mol. The molecule has 0 saturated carbocycles. The van der Waals surface area contributed by atoms with Crippen LogP contribution in [-0.4, -0.2) is 12.0 Å². The lowest BCUT2D eigenvalue weighted by molar-refractivity contribution is 0.320. The first kappa shape index (κ1) is 11.4. The molecule has 1 aromatic rings. The van der Waals surface area contributed by atoms with Gasteiger partial charge in [-0.2, -0.15) is 0 Å². The number of ether oxygens (including phenoxy) is 1. The first-order valence-electron chi connectivity index (χ1n) is 4.96. The number of hydrogen-bond donors (Lipinski definition) is 0. The predicted octanol–water partition coefficient (Wildman–Crippen LogP) is 3.82. The molecular weight excluding hydrogens is 196 g/mol. The Labute approximate surface area is 91.0 Å². The average Bonchev–Trinajstić information content (AvgIpc) is 2.15. The van der Waals surface area contributed by atoms with Crippen molar-refractivity contribution in [3.8, 4) is 5.75 Å². The molecule has 0 aliphatic rings. The third kappa shape index (κ3) is 3.59. The zero-order chi connectivity index (χ0) is 10.6. The van der Waals surface area contributed by atoms with Gasteiger partial charge in [-0.15, -0.1) is 11.6 Å². The van der Waals surface area contributed by atoms with Crippen molar-refractivity contribution < 1.29 is 4.74 Å². The third-order valence-corrected chi connectivity index (χ3v) is 2.13. The Morgan fingerprint density at radius 1 is 1.29 bits per heavy atom. The molecule has 1 rings (SSSR count). The number of rotatable bonds is 4. The van der Waals surface area contributed by atoms with Crippen molar-refractivity contribution in [2.75, 3.05) is 6.61 Å². The molecule has 0 N–H and O–H groups in total. The van der Waals surface area contributed by atoms with Gasteiger partial charge in [0.1, 0.15) is 12.4 Å². The van der Waals surface area contributed by atoms with Crippen molar-refractivity contribution in [3.63, 3.8) is 0 Å². The summed E-state index contributed by atoms with van der Waals surface area (Å²) < 4.78 is 5.53. The molecule has 0 aliphatic heterocycles. The Morgan fingerprint density at radius 3 is 2.57 bits per heavy atom. The van der Waals surface area contributed by atoms with E-state index in [2.05, 4.69) is 26.0 Å². The summed E-state index contributed by atoms with van der Waals surface area (Å²) in [6, 6.07) is 8.17. The van der Waals surface area contributed by atoms with Crippen LogP contribution in [0.5, 0.6) is 5.75 Å². The van der Waals surface area contributed by atoms with Gasteiger partial charge in [0, 0.05) is 0 Å². The standard InChI is InChI=1S/C12H17ClO/c1-9(2)11-5-4-6-12(7-11)14-8-10(3)13/h4-7,9-10H,8H2,1-3H3. The Kier molecular flexibility index (Phi) is 4.27. The van der Waals surface area contributed by atoms with E-state index in [-0.39, 0.29) is 5.38 Å². The molecule has 0 aliphatic carbocycles. The van der Waals surface area contributed by atoms with Crippen molar-refractivity contribution in [1.29, 1.82) is 0 Å². The zero-order valence-electron chi connectivity index (χ0n) is 8.96. The molecule has 2 heteroatoms. The lowest BCUT2D eigenvalue weighted by Crippen LogP contribution is -2.07. The van der Waals surface area contributed by atoms with Gasteiger partial charge in [0.15, 0.2) is 0 Å². The van der Waals surface area contributed by atoms with Crippen LogP contribution in [0, 0.1) is 0 Å². The summed E-state index contributed by atoms with van der Waals surface area (Å²) in [4.78, 5) is 0. The van der Waals surface area contributed by atoms with E-state index in [9.17, 15) is 0 Å². The van der Waals surface area contributed by atoms with Gasteiger partial charge in [-0.25, -0.2) is 0 Å². The number of benzene rings is 1. The van der Waals surface area contributed by atoms with Crippen molar-refractivity contribution in [2.24, 2.45) is 0 Å². The van der Waals surface area contributed by atoms with Crippen molar-refractivity contribution >= 4 is 11.6 Å². The van der Waals surface area contributed by atoms with Crippen LogP contribution < -0.4 is 4.74 Å². The Balaban J connectivity index is 2.64. The van der Waals surface area contributed by atoms with E-state index in [1.807, 2.05) is 19.1 Å². The van der Waals surface area contributed by atoms with Gasteiger partial charge in [-0.05, 0) is 30.5 Å². The Morgan fingerprint density at radius 2 is 2.00 bits per heavy atom. The van der Waals surface area contributed by atoms with Gasteiger partial charge in [-0.3, -0.25) is 0 Å². The van der Waals surface area contributed by atoms with Gasteiger partial charge >= 0.3 is 0 Å². The minimum Gasteiger partial charge on any atom is -0.492 e. The predicted molar refractivity (Wildman–Crippen MR) is 61.3 cm³/mol. The molecule has 0 radical (unpaired) electrons. The number of hydrogen-bond acceptors (Lipinski definition) is 1. The topological polar surface area (TPSA) is 9.23 Å². The van der Waals surface area contributed by atoms with E-state index in [4.69, 9.17) is 16.3 Å². The molecule has 0 heterocycles. The van der Waals surface area contributed by atoms with Crippen LogP contribution in [0.2, 0.25) is 0 Å². The summed E-state index contributed by atoms with van der Waals surface area (Å²) >= 11 is 5.80. The Hall–Kier alpha value is -0.690. The van der Waals surface area contributed by atoms with Gasteiger partial charge in [0.25, 0.3) is 0 Å². The second-order valence-electron chi connectivity index (χ2n) is 3.82. The molecule has 0 bridgehead atoms. The number of alkyl halides is 1. The van der Waals surface area contributed by atoms with Crippen LogP contribution >= 0.6 is 11.6 Å². The monoisotopic (exact) mass is 212 g/mol. The SMILES string of the molecule is CC(Cl)COc1cccc(C(C)C)c1. The molecule has 0 saturated heterocycles. The van der Waals surface area contributed by atoms with Crippen LogP contribution in [0.3, 0.4) is 0 Å². The molecule has 1 nitrogen and oxygen atoms in total. The van der Waals surface area contributed by atoms with E-state index in [1.54, 1.807) is 0 Å². The minimum absolute atomic E-state index is 0.0534. The summed E-state index contributed by atoms with van der Waals surface area (Å²) in [6.45, 7) is 6.82. The van der Waals surface area contributed by atoms with E-state index in [0.29, 0.717) is 12.5 Å². The maximum atomic E-state index is 5.80. The van der Waals surface area contributed by atoms with Gasteiger partial charge in [-0.1, -0.05) is 26.0 Å². The van der Waals surface area contributed by atoms with E-state index < -0.39 is 0 Å². The molecule has 1 atom stereocenters. The molecule has 0 amide bonds. The minimum atomic E-state index is 0.0534. The summed E-state index contributed by atoms with van der Waals surface area (Å²) in [5, 5.41) is 0.0534. The van der Waals surface area contributed by atoms with Crippen LogP contribution in [0.1, 0.15) is 32.3 Å². The van der Waals surface area contributed by atoms with E-state index >= 15 is 0 Å². The van der Waals surface area contributed by atoms with Crippen LogP contribution in [0.25, 0.3) is 0 Å². The quantitative estimate of drug-likeness (QED) is 0.690. The van der Waals surface area contributed by atoms with Crippen molar-refractivity contribution in [3.05, 3.63) is 29.8 Å². The molecule has 1 aromatic carbocycles. The maximum absolute atomic E-state index is 5.80. The molecule has 1 unspecified atom stereocenters. The summed E-state index contributed by atoms with van der Waals surface area (Å²) in [7, 11) is 0. The van der Waals surface area contributed by atoms with E-state index in [1.165, 1.54) is 5.56 Å². The molecule has 0 aromatic heterocycles. The second-order valence-corrected chi connectivity index (χ2v) is 4.56. The van der Waals surface area contributed by atoms with Gasteiger partial charge in [0.05, 0.1) is 5.38 Å². The highest BCUT2D eigenvalue weighted by atomic mass is 35.5. The van der Waals surface area contributed by atoms with Crippen LogP contribution in [-0.2, 0) is 0 Å². The molecular formula is C12H17ClO. The highest BCUT2D eigenvalue weighted by molar-refractivity contribution is 6.20. The maximum Gasteiger partial charge on any atom is 0.119 e. The highest BCUT2D eigenvalue weighted by Crippen LogP contribution is 2.20. The fourth-order valence-corrected chi connectivity index (χ4v) is 1.24. The lowest BCUT2D eigenvalue weighted by atomic mass is 10.0. The fraction of sp³-hybridized carbons (Fsp3) is 0.500. The van der Waals surface area contributed by atoms with Crippen LogP contribution in [0.15, 0.2) is 24.3 Å². The summed E-state index contributed by atoms with van der Waals surface area (Å²) in [5.74, 6) is 1.44. The Bertz CT molecular complexity index is 281. The first-order valence-corrected chi connectivity index (χ1v) is 5.40. The lowest BCUT2D eigenvalue weighted by Gasteiger charge is -2.10. The largest absolute Gasteiger partial charge is 0.492 e. The van der Waals surface area contributed by atoms with Crippen LogP contribution in [0.4, 0.5) is 0 Å². The molecule has 0 fully saturated rings. The smallest absolute Gasteiger partial charge is 0.119 e. The van der Waals surface area contributed by atoms with Crippen molar-refractivity contribution in [2.45, 2.75) is 32.1 Å². The highest BCUT2D eigenvalue weighted by Gasteiger charge is 2.02. The zero-order valence-corrected chi connectivity index (χ0v) is 9.71. The first-order chi connectivity index (χ1) is 6.59. The van der Waals surface area contributed by atoms with Gasteiger partial charge in [0.2, 0.25) is 0 Å². The molecule has 14 heavy (non-hydrogen) atoms. The summed E-state index contributed by atoms with van der Waals surface area (Å²) in [6.07, 6.45) is 0. The molecule has 78 valence electrons. The second kappa shape index (κ2) is 5.26. The van der Waals surface area contributed by atoms with Gasteiger partial charge < -0.3 is 4.74 Å². The third-order valence-electron chi connectivity index (χ3n) is 2.00. The summed E-state index contributed by atoms with van der Waals surface area (Å²) in [5.41, 5.74) is 1.30. The van der Waals surface area contributed by atoms with E-state index in [0.717, 1.165) is 5.75 Å². The normalized spacial score (nSPS) is 12.9.